The molecule has 0 saturated heterocycles. The van der Waals surface area contributed by atoms with Crippen LogP contribution in [0.3, 0.4) is 0 Å². The fraction of sp³-hybridized carbons (Fsp3) is 0.684. The van der Waals surface area contributed by atoms with Gasteiger partial charge in [-0.1, -0.05) is 13.8 Å². The van der Waals surface area contributed by atoms with Crippen molar-refractivity contribution in [2.24, 2.45) is 17.4 Å². The van der Waals surface area contributed by atoms with Crippen LogP contribution in [0.5, 0.6) is 0 Å². The SMILES string of the molecule is CSCCC(NC(=O)C(CC(N)=O)NC(=O)C(CCC(=O)O)NC(=O)C(N)C(C)C)C(=O)O. The molecule has 0 aromatic carbocycles. The summed E-state index contributed by atoms with van der Waals surface area (Å²) in [7, 11) is 0. The number of carbonyl (C=O) groups excluding carboxylic acids is 4. The van der Waals surface area contributed by atoms with Crippen LogP contribution >= 0.6 is 11.8 Å². The Morgan fingerprint density at radius 1 is 0.848 bits per heavy atom. The number of primary amides is 1. The maximum atomic E-state index is 12.8. The van der Waals surface area contributed by atoms with Gasteiger partial charge in [0, 0.05) is 6.42 Å². The lowest BCUT2D eigenvalue weighted by atomic mass is 10.0. The molecule has 0 rings (SSSR count). The van der Waals surface area contributed by atoms with Gasteiger partial charge >= 0.3 is 11.9 Å². The van der Waals surface area contributed by atoms with Gasteiger partial charge in [0.15, 0.2) is 0 Å². The van der Waals surface area contributed by atoms with E-state index in [9.17, 15) is 33.9 Å². The molecular formula is C19H33N5O8S. The molecule has 4 atom stereocenters. The molecule has 33 heavy (non-hydrogen) atoms. The standard InChI is InChI=1S/C19H33N5O8S/c1-9(2)15(21)18(30)22-10(4-5-14(26)27)16(28)24-12(8-13(20)25)17(29)23-11(19(31)32)6-7-33-3/h9-12,15H,4-8,21H2,1-3H3,(H2,20,25)(H,22,30)(H,23,29)(H,24,28)(H,26,27)(H,31,32). The predicted molar refractivity (Wildman–Crippen MR) is 120 cm³/mol. The number of amides is 4. The van der Waals surface area contributed by atoms with Crippen LogP contribution in [0, 0.1) is 5.92 Å². The topological polar surface area (TPSA) is 231 Å². The number of nitrogens with one attached hydrogen (secondary N) is 3. The predicted octanol–water partition coefficient (Wildman–Crippen LogP) is -2.00. The van der Waals surface area contributed by atoms with Crippen LogP contribution in [0.2, 0.25) is 0 Å². The molecule has 0 aromatic heterocycles. The maximum Gasteiger partial charge on any atom is 0.326 e. The third-order valence-corrected chi connectivity index (χ3v) is 5.21. The van der Waals surface area contributed by atoms with Crippen molar-refractivity contribution < 1.29 is 39.0 Å². The summed E-state index contributed by atoms with van der Waals surface area (Å²) in [5.74, 6) is -5.90. The molecular weight excluding hydrogens is 458 g/mol. The largest absolute Gasteiger partial charge is 0.481 e. The number of carboxylic acid groups (broad SMARTS) is 2. The van der Waals surface area contributed by atoms with Crippen molar-refractivity contribution in [3.05, 3.63) is 0 Å². The van der Waals surface area contributed by atoms with Crippen LogP contribution in [-0.4, -0.2) is 82.0 Å². The minimum atomic E-state index is -1.53. The molecule has 0 aliphatic heterocycles. The van der Waals surface area contributed by atoms with E-state index in [-0.39, 0.29) is 18.8 Å². The van der Waals surface area contributed by atoms with E-state index in [4.69, 9.17) is 16.6 Å². The van der Waals surface area contributed by atoms with E-state index >= 15 is 0 Å². The van der Waals surface area contributed by atoms with Crippen molar-refractivity contribution in [2.75, 3.05) is 12.0 Å². The molecule has 4 unspecified atom stereocenters. The van der Waals surface area contributed by atoms with E-state index in [1.165, 1.54) is 11.8 Å². The van der Waals surface area contributed by atoms with Gasteiger partial charge in [-0.25, -0.2) is 4.79 Å². The molecule has 0 heterocycles. The summed E-state index contributed by atoms with van der Waals surface area (Å²) < 4.78 is 0. The quantitative estimate of drug-likeness (QED) is 0.125. The molecule has 188 valence electrons. The monoisotopic (exact) mass is 491 g/mol. The normalized spacial score (nSPS) is 14.5. The summed E-state index contributed by atoms with van der Waals surface area (Å²) in [6.45, 7) is 3.36. The third kappa shape index (κ3) is 12.1. The lowest BCUT2D eigenvalue weighted by Gasteiger charge is -2.25. The van der Waals surface area contributed by atoms with E-state index in [2.05, 4.69) is 16.0 Å². The zero-order valence-electron chi connectivity index (χ0n) is 18.8. The molecule has 13 nitrogen and oxygen atoms in total. The first-order valence-electron chi connectivity index (χ1n) is 10.2. The van der Waals surface area contributed by atoms with Gasteiger partial charge in [0.25, 0.3) is 0 Å². The molecule has 14 heteroatoms. The fourth-order valence-corrected chi connectivity index (χ4v) is 3.03. The van der Waals surface area contributed by atoms with Crippen LogP contribution in [0.4, 0.5) is 0 Å². The van der Waals surface area contributed by atoms with Gasteiger partial charge in [-0.3, -0.25) is 24.0 Å². The van der Waals surface area contributed by atoms with E-state index in [0.717, 1.165) is 0 Å². The van der Waals surface area contributed by atoms with Crippen LogP contribution in [0.25, 0.3) is 0 Å². The number of hydrogen-bond acceptors (Lipinski definition) is 8. The highest BCUT2D eigenvalue weighted by Crippen LogP contribution is 2.06. The van der Waals surface area contributed by atoms with E-state index < -0.39 is 72.6 Å². The second-order valence-electron chi connectivity index (χ2n) is 7.68. The summed E-state index contributed by atoms with van der Waals surface area (Å²) in [4.78, 5) is 71.4. The Morgan fingerprint density at radius 2 is 1.36 bits per heavy atom. The first-order valence-corrected chi connectivity index (χ1v) is 11.6. The van der Waals surface area contributed by atoms with Gasteiger partial charge in [0.2, 0.25) is 23.6 Å². The van der Waals surface area contributed by atoms with Gasteiger partial charge in [-0.05, 0) is 30.8 Å². The highest BCUT2D eigenvalue weighted by Gasteiger charge is 2.31. The third-order valence-electron chi connectivity index (χ3n) is 4.56. The highest BCUT2D eigenvalue weighted by molar-refractivity contribution is 7.98. The Hall–Kier alpha value is -2.87. The number of carboxylic acids is 2. The first kappa shape index (κ1) is 30.1. The number of carbonyl (C=O) groups is 6. The molecule has 9 N–H and O–H groups in total. The van der Waals surface area contributed by atoms with Gasteiger partial charge in [0.1, 0.15) is 18.1 Å². The molecule has 0 spiro atoms. The van der Waals surface area contributed by atoms with Crippen molar-refractivity contribution in [1.29, 1.82) is 0 Å². The van der Waals surface area contributed by atoms with Gasteiger partial charge in [-0.2, -0.15) is 11.8 Å². The van der Waals surface area contributed by atoms with Crippen molar-refractivity contribution in [1.82, 2.24) is 16.0 Å². The first-order chi connectivity index (χ1) is 15.3. The molecule has 0 aliphatic rings. The van der Waals surface area contributed by atoms with E-state index in [0.29, 0.717) is 5.75 Å². The van der Waals surface area contributed by atoms with Crippen molar-refractivity contribution in [2.45, 2.75) is 63.7 Å². The van der Waals surface area contributed by atoms with E-state index in [1.54, 1.807) is 20.1 Å². The zero-order valence-corrected chi connectivity index (χ0v) is 19.6. The number of nitrogens with two attached hydrogens (primary N) is 2. The van der Waals surface area contributed by atoms with Crippen LogP contribution in [-0.2, 0) is 28.8 Å². The molecule has 0 radical (unpaired) electrons. The molecule has 4 amide bonds. The Labute approximate surface area is 195 Å². The van der Waals surface area contributed by atoms with Gasteiger partial charge in [-0.15, -0.1) is 0 Å². The minimum Gasteiger partial charge on any atom is -0.481 e. The Kier molecular flexibility index (Phi) is 13.7. The van der Waals surface area contributed by atoms with Crippen LogP contribution in [0.15, 0.2) is 0 Å². The molecule has 0 fully saturated rings. The van der Waals surface area contributed by atoms with Crippen molar-refractivity contribution >= 4 is 47.3 Å². The maximum absolute atomic E-state index is 12.8. The van der Waals surface area contributed by atoms with Crippen molar-refractivity contribution in [3.63, 3.8) is 0 Å². The Morgan fingerprint density at radius 3 is 1.82 bits per heavy atom. The summed E-state index contributed by atoms with van der Waals surface area (Å²) in [6.07, 6.45) is 0.431. The second kappa shape index (κ2) is 15.1. The summed E-state index contributed by atoms with van der Waals surface area (Å²) >= 11 is 1.37. The zero-order chi connectivity index (χ0) is 25.7. The van der Waals surface area contributed by atoms with E-state index in [1.807, 2.05) is 0 Å². The summed E-state index contributed by atoms with van der Waals surface area (Å²) in [5.41, 5.74) is 10.9. The number of hydrogen-bond donors (Lipinski definition) is 7. The smallest absolute Gasteiger partial charge is 0.326 e. The lowest BCUT2D eigenvalue weighted by Crippen LogP contribution is -2.58. The molecule has 0 aliphatic carbocycles. The molecule has 0 aromatic rings. The van der Waals surface area contributed by atoms with Gasteiger partial charge < -0.3 is 37.6 Å². The fourth-order valence-electron chi connectivity index (χ4n) is 2.56. The highest BCUT2D eigenvalue weighted by atomic mass is 32.2. The molecule has 0 bridgehead atoms. The second-order valence-corrected chi connectivity index (χ2v) is 8.66. The number of aliphatic carboxylic acids is 2. The van der Waals surface area contributed by atoms with Gasteiger partial charge in [0.05, 0.1) is 12.5 Å². The average molecular weight is 492 g/mol. The summed E-state index contributed by atoms with van der Waals surface area (Å²) in [5, 5.41) is 25.1. The Bertz CT molecular complexity index is 733. The van der Waals surface area contributed by atoms with Crippen LogP contribution < -0.4 is 27.4 Å². The lowest BCUT2D eigenvalue weighted by molar-refractivity contribution is -0.142. The summed E-state index contributed by atoms with van der Waals surface area (Å²) in [6, 6.07) is -5.13. The molecule has 0 saturated carbocycles. The van der Waals surface area contributed by atoms with Crippen LogP contribution in [0.1, 0.15) is 39.5 Å². The number of rotatable bonds is 16. The number of thioether (sulfide) groups is 1. The Balaban J connectivity index is 5.55. The minimum absolute atomic E-state index is 0.101. The van der Waals surface area contributed by atoms with Crippen molar-refractivity contribution in [3.8, 4) is 0 Å². The average Bonchev–Trinajstić information content (AvgIpc) is 2.71.